The van der Waals surface area contributed by atoms with Crippen LogP contribution in [-0.2, 0) is 6.54 Å². The van der Waals surface area contributed by atoms with Gasteiger partial charge >= 0.3 is 0 Å². The second kappa shape index (κ2) is 7.27. The number of aryl methyl sites for hydroxylation is 1. The van der Waals surface area contributed by atoms with E-state index in [2.05, 4.69) is 9.97 Å². The van der Waals surface area contributed by atoms with Crippen molar-refractivity contribution in [2.45, 2.75) is 26.8 Å². The number of H-pyrrole nitrogens is 1. The minimum absolute atomic E-state index is 0.218. The summed E-state index contributed by atoms with van der Waals surface area (Å²) in [7, 11) is 0. The summed E-state index contributed by atoms with van der Waals surface area (Å²) in [5.41, 5.74) is 2.42. The molecule has 1 aromatic carbocycles. The maximum Gasteiger partial charge on any atom is 0.281 e. The number of aromatic nitrogens is 3. The number of halogens is 3. The largest absolute Gasteiger partial charge is 0.479 e. The summed E-state index contributed by atoms with van der Waals surface area (Å²) in [5, 5.41) is 0.634. The second-order valence-electron chi connectivity index (χ2n) is 5.62. The fourth-order valence-electron chi connectivity index (χ4n) is 2.68. The van der Waals surface area contributed by atoms with E-state index in [0.717, 1.165) is 16.8 Å². The van der Waals surface area contributed by atoms with Gasteiger partial charge in [-0.25, -0.2) is 13.8 Å². The third-order valence-corrected chi connectivity index (χ3v) is 4.06. The predicted octanol–water partition coefficient (Wildman–Crippen LogP) is 5.22. The monoisotopic (exact) mass is 365 g/mol. The third kappa shape index (κ3) is 3.85. The van der Waals surface area contributed by atoms with E-state index < -0.39 is 6.43 Å². The molecule has 0 atom stereocenters. The molecule has 0 bridgehead atoms. The van der Waals surface area contributed by atoms with Gasteiger partial charge in [0.15, 0.2) is 5.88 Å². The van der Waals surface area contributed by atoms with Gasteiger partial charge in [-0.05, 0) is 37.6 Å². The van der Waals surface area contributed by atoms with Crippen LogP contribution in [0.15, 0.2) is 36.5 Å². The lowest BCUT2D eigenvalue weighted by atomic mass is 10.1. The lowest BCUT2D eigenvalue weighted by Gasteiger charge is -2.05. The van der Waals surface area contributed by atoms with Gasteiger partial charge in [-0.1, -0.05) is 23.7 Å². The van der Waals surface area contributed by atoms with Crippen molar-refractivity contribution in [3.63, 3.8) is 0 Å². The number of hydrogen-bond acceptors (Lipinski definition) is 2. The molecule has 4 nitrogen and oxygen atoms in total. The van der Waals surface area contributed by atoms with Crippen LogP contribution in [0.25, 0.3) is 11.1 Å². The molecule has 2 aromatic heterocycles. The molecule has 0 radical (unpaired) electrons. The molecule has 25 heavy (non-hydrogen) atoms. The molecule has 132 valence electrons. The number of rotatable bonds is 6. The summed E-state index contributed by atoms with van der Waals surface area (Å²) in [6.45, 7) is 4.51. The highest BCUT2D eigenvalue weighted by Crippen LogP contribution is 2.32. The summed E-state index contributed by atoms with van der Waals surface area (Å²) in [6.07, 6.45) is -1.20. The van der Waals surface area contributed by atoms with E-state index in [1.54, 1.807) is 17.6 Å². The molecule has 0 saturated carbocycles. The Labute approximate surface area is 149 Å². The van der Waals surface area contributed by atoms with Crippen LogP contribution in [0.4, 0.5) is 8.78 Å². The fourth-order valence-corrected chi connectivity index (χ4v) is 2.87. The molecule has 0 fully saturated rings. The van der Waals surface area contributed by atoms with E-state index in [1.807, 2.05) is 31.2 Å². The Morgan fingerprint density at radius 3 is 2.76 bits per heavy atom. The Bertz CT molecular complexity index is 873. The second-order valence-corrected chi connectivity index (χ2v) is 6.06. The van der Waals surface area contributed by atoms with Gasteiger partial charge in [-0.15, -0.1) is 0 Å². The molecule has 7 heteroatoms. The van der Waals surface area contributed by atoms with Crippen molar-refractivity contribution in [1.82, 2.24) is 14.5 Å². The molecule has 0 aliphatic carbocycles. The topological polar surface area (TPSA) is 42.8 Å². The van der Waals surface area contributed by atoms with Crippen LogP contribution >= 0.6 is 11.6 Å². The first kappa shape index (κ1) is 17.5. The zero-order chi connectivity index (χ0) is 18.0. The number of alkyl halides is 2. The Morgan fingerprint density at radius 2 is 2.12 bits per heavy atom. The summed E-state index contributed by atoms with van der Waals surface area (Å²) < 4.78 is 33.0. The summed E-state index contributed by atoms with van der Waals surface area (Å²) in [6, 6.07) is 9.42. The number of benzene rings is 1. The Kier molecular flexibility index (Phi) is 5.08. The first-order valence-electron chi connectivity index (χ1n) is 7.90. The van der Waals surface area contributed by atoms with Gasteiger partial charge in [0.2, 0.25) is 0 Å². The highest BCUT2D eigenvalue weighted by atomic mass is 35.5. The number of hydrogen-bond donors (Lipinski definition) is 1. The van der Waals surface area contributed by atoms with Crippen LogP contribution in [0, 0.1) is 6.92 Å². The van der Waals surface area contributed by atoms with Crippen LogP contribution in [0.5, 0.6) is 5.88 Å². The van der Waals surface area contributed by atoms with Crippen molar-refractivity contribution in [2.24, 2.45) is 0 Å². The van der Waals surface area contributed by atoms with Crippen molar-refractivity contribution in [1.29, 1.82) is 0 Å². The fraction of sp³-hybridized carbons (Fsp3) is 0.278. The van der Waals surface area contributed by atoms with E-state index in [1.165, 1.54) is 6.20 Å². The zero-order valence-corrected chi connectivity index (χ0v) is 14.6. The molecule has 0 unspecified atom stereocenters. The van der Waals surface area contributed by atoms with Crippen LogP contribution in [0.3, 0.4) is 0 Å². The predicted molar refractivity (Wildman–Crippen MR) is 93.4 cm³/mol. The third-order valence-electron chi connectivity index (χ3n) is 3.82. The Balaban J connectivity index is 1.94. The number of aromatic amines is 1. The highest BCUT2D eigenvalue weighted by Gasteiger charge is 2.16. The maximum atomic E-state index is 12.8. The molecule has 0 aliphatic heterocycles. The van der Waals surface area contributed by atoms with Crippen molar-refractivity contribution >= 4 is 11.6 Å². The van der Waals surface area contributed by atoms with Crippen LogP contribution in [0.2, 0.25) is 5.02 Å². The quantitative estimate of drug-likeness (QED) is 0.650. The van der Waals surface area contributed by atoms with Gasteiger partial charge in [0.25, 0.3) is 6.43 Å². The van der Waals surface area contributed by atoms with Gasteiger partial charge in [-0.2, -0.15) is 0 Å². The van der Waals surface area contributed by atoms with Gasteiger partial charge < -0.3 is 14.3 Å². The minimum Gasteiger partial charge on any atom is -0.479 e. The Hall–Kier alpha value is -2.34. The summed E-state index contributed by atoms with van der Waals surface area (Å²) >= 11 is 6.08. The van der Waals surface area contributed by atoms with E-state index in [-0.39, 0.29) is 5.69 Å². The molecule has 0 amide bonds. The van der Waals surface area contributed by atoms with Crippen molar-refractivity contribution in [3.8, 4) is 17.0 Å². The van der Waals surface area contributed by atoms with E-state index >= 15 is 0 Å². The SMILES string of the molecule is CCOc1[nH]c(Cn2cc(C(F)F)nc2C)cc1-c1cccc(Cl)c1. The summed E-state index contributed by atoms with van der Waals surface area (Å²) in [4.78, 5) is 7.11. The minimum atomic E-state index is -2.58. The molecule has 1 N–H and O–H groups in total. The average molecular weight is 366 g/mol. The molecule has 0 spiro atoms. The highest BCUT2D eigenvalue weighted by molar-refractivity contribution is 6.30. The first-order valence-corrected chi connectivity index (χ1v) is 8.28. The van der Waals surface area contributed by atoms with Crippen LogP contribution in [0.1, 0.15) is 30.6 Å². The lowest BCUT2D eigenvalue weighted by Crippen LogP contribution is -2.01. The molecule has 0 saturated heterocycles. The molecular formula is C18H18ClF2N3O. The first-order chi connectivity index (χ1) is 12.0. The number of ether oxygens (including phenoxy) is 1. The van der Waals surface area contributed by atoms with E-state index in [0.29, 0.717) is 29.9 Å². The van der Waals surface area contributed by atoms with Gasteiger partial charge in [0, 0.05) is 22.5 Å². The van der Waals surface area contributed by atoms with Crippen molar-refractivity contribution in [2.75, 3.05) is 6.61 Å². The molecule has 0 aliphatic rings. The van der Waals surface area contributed by atoms with E-state index in [9.17, 15) is 8.78 Å². The molecular weight excluding hydrogens is 348 g/mol. The number of nitrogens with one attached hydrogen (secondary N) is 1. The van der Waals surface area contributed by atoms with E-state index in [4.69, 9.17) is 16.3 Å². The molecule has 2 heterocycles. The standard InChI is InChI=1S/C18H18ClF2N3O/c1-3-25-18-15(12-5-4-6-13(19)7-12)8-14(23-18)9-24-10-16(17(20)21)22-11(24)2/h4-8,10,17,23H,3,9H2,1-2H3. The molecule has 3 rings (SSSR count). The van der Waals surface area contributed by atoms with Gasteiger partial charge in [0.1, 0.15) is 11.5 Å². The van der Waals surface area contributed by atoms with Gasteiger partial charge in [-0.3, -0.25) is 0 Å². The van der Waals surface area contributed by atoms with Crippen LogP contribution < -0.4 is 4.74 Å². The summed E-state index contributed by atoms with van der Waals surface area (Å²) in [5.74, 6) is 1.17. The number of nitrogens with zero attached hydrogens (tertiary/aromatic N) is 2. The normalized spacial score (nSPS) is 11.3. The average Bonchev–Trinajstić information content (AvgIpc) is 3.12. The van der Waals surface area contributed by atoms with Gasteiger partial charge in [0.05, 0.1) is 13.2 Å². The molecule has 3 aromatic rings. The smallest absolute Gasteiger partial charge is 0.281 e. The van der Waals surface area contributed by atoms with Crippen LogP contribution in [-0.4, -0.2) is 21.1 Å². The van der Waals surface area contributed by atoms with Crippen molar-refractivity contribution in [3.05, 3.63) is 58.8 Å². The Morgan fingerprint density at radius 1 is 1.32 bits per heavy atom. The number of imidazole rings is 1. The lowest BCUT2D eigenvalue weighted by molar-refractivity contribution is 0.146. The maximum absolute atomic E-state index is 12.8. The van der Waals surface area contributed by atoms with Crippen molar-refractivity contribution < 1.29 is 13.5 Å². The zero-order valence-electron chi connectivity index (χ0n) is 13.9.